The third-order valence-electron chi connectivity index (χ3n) is 5.73. The first-order valence-electron chi connectivity index (χ1n) is 10.5. The Kier molecular flexibility index (Phi) is 5.33. The van der Waals surface area contributed by atoms with Crippen LogP contribution >= 0.6 is 0 Å². The first-order chi connectivity index (χ1) is 15.2. The lowest BCUT2D eigenvalue weighted by molar-refractivity contribution is 0.0766. The number of hydrogen-bond acceptors (Lipinski definition) is 7. The van der Waals surface area contributed by atoms with E-state index < -0.39 is 0 Å². The molecule has 4 heterocycles. The van der Waals surface area contributed by atoms with Gasteiger partial charge in [0.15, 0.2) is 5.82 Å². The molecule has 1 N–H and O–H groups in total. The number of benzene rings is 1. The van der Waals surface area contributed by atoms with Crippen molar-refractivity contribution in [3.63, 3.8) is 0 Å². The van der Waals surface area contributed by atoms with Crippen molar-refractivity contribution in [3.05, 3.63) is 42.4 Å². The topological polar surface area (TPSA) is 92.8 Å². The minimum atomic E-state index is -0.120. The molecule has 0 bridgehead atoms. The third-order valence-corrected chi connectivity index (χ3v) is 5.73. The summed E-state index contributed by atoms with van der Waals surface area (Å²) in [6.07, 6.45) is 3.94. The van der Waals surface area contributed by atoms with E-state index in [1.54, 1.807) is 19.5 Å². The minimum absolute atomic E-state index is 0.0335. The van der Waals surface area contributed by atoms with Crippen molar-refractivity contribution in [1.29, 1.82) is 0 Å². The van der Waals surface area contributed by atoms with Crippen molar-refractivity contribution in [2.75, 3.05) is 51.4 Å². The molecule has 1 unspecified atom stereocenters. The SMILES string of the molecule is COc1ccc2cc(C(=O)N3CCC(Oc4nccnc4N4CCOCC4)C3)[nH]c2c1. The lowest BCUT2D eigenvalue weighted by atomic mass is 10.2. The summed E-state index contributed by atoms with van der Waals surface area (Å²) in [6.45, 7) is 3.99. The van der Waals surface area contributed by atoms with Crippen LogP contribution in [-0.2, 0) is 4.74 Å². The van der Waals surface area contributed by atoms with Crippen LogP contribution in [0.4, 0.5) is 5.82 Å². The van der Waals surface area contributed by atoms with Gasteiger partial charge < -0.3 is 29.0 Å². The van der Waals surface area contributed by atoms with Gasteiger partial charge in [0.1, 0.15) is 17.5 Å². The van der Waals surface area contributed by atoms with Gasteiger partial charge in [-0.1, -0.05) is 0 Å². The van der Waals surface area contributed by atoms with Gasteiger partial charge in [0.25, 0.3) is 11.8 Å². The van der Waals surface area contributed by atoms with Crippen LogP contribution in [-0.4, -0.2) is 78.4 Å². The molecule has 3 aromatic rings. The fraction of sp³-hybridized carbons (Fsp3) is 0.409. The van der Waals surface area contributed by atoms with E-state index in [9.17, 15) is 4.79 Å². The molecular weight excluding hydrogens is 398 g/mol. The van der Waals surface area contributed by atoms with E-state index in [0.717, 1.165) is 42.0 Å². The molecule has 0 radical (unpaired) electrons. The Balaban J connectivity index is 1.27. The van der Waals surface area contributed by atoms with Gasteiger partial charge in [-0.25, -0.2) is 9.97 Å². The highest BCUT2D eigenvalue weighted by Gasteiger charge is 2.30. The molecular formula is C22H25N5O4. The van der Waals surface area contributed by atoms with Crippen molar-refractivity contribution in [2.24, 2.45) is 0 Å². The molecule has 1 atom stereocenters. The number of carbonyl (C=O) groups excluding carboxylic acids is 1. The number of nitrogens with zero attached hydrogens (tertiary/aromatic N) is 4. The number of anilines is 1. The highest BCUT2D eigenvalue weighted by Crippen LogP contribution is 2.27. The number of likely N-dealkylation sites (tertiary alicyclic amines) is 1. The lowest BCUT2D eigenvalue weighted by Gasteiger charge is -2.29. The van der Waals surface area contributed by atoms with Crippen LogP contribution in [0, 0.1) is 0 Å². The molecule has 2 aromatic heterocycles. The van der Waals surface area contributed by atoms with Crippen LogP contribution in [0.1, 0.15) is 16.9 Å². The van der Waals surface area contributed by atoms with E-state index in [0.29, 0.717) is 37.9 Å². The predicted molar refractivity (Wildman–Crippen MR) is 115 cm³/mol. The van der Waals surface area contributed by atoms with Crippen molar-refractivity contribution in [3.8, 4) is 11.6 Å². The first kappa shape index (κ1) is 19.6. The van der Waals surface area contributed by atoms with Gasteiger partial charge >= 0.3 is 0 Å². The normalized spacial score (nSPS) is 19.1. The second kappa shape index (κ2) is 8.43. The molecule has 0 aliphatic carbocycles. The maximum absolute atomic E-state index is 13.0. The van der Waals surface area contributed by atoms with Gasteiger partial charge in [0, 0.05) is 55.4 Å². The van der Waals surface area contributed by atoms with E-state index in [-0.39, 0.29) is 12.0 Å². The number of nitrogens with one attached hydrogen (secondary N) is 1. The molecule has 1 amide bonds. The van der Waals surface area contributed by atoms with Crippen LogP contribution in [0.2, 0.25) is 0 Å². The molecule has 2 aliphatic heterocycles. The summed E-state index contributed by atoms with van der Waals surface area (Å²) in [7, 11) is 1.63. The average Bonchev–Trinajstić information content (AvgIpc) is 3.46. The molecule has 2 aliphatic rings. The van der Waals surface area contributed by atoms with E-state index in [2.05, 4.69) is 19.9 Å². The Hall–Kier alpha value is -3.33. The van der Waals surface area contributed by atoms with E-state index in [1.807, 2.05) is 29.2 Å². The van der Waals surface area contributed by atoms with Gasteiger partial charge in [-0.3, -0.25) is 4.79 Å². The minimum Gasteiger partial charge on any atom is -0.497 e. The number of amides is 1. The first-order valence-corrected chi connectivity index (χ1v) is 10.5. The molecule has 162 valence electrons. The summed E-state index contributed by atoms with van der Waals surface area (Å²) in [5, 5.41) is 0.978. The van der Waals surface area contributed by atoms with Gasteiger partial charge in [-0.2, -0.15) is 0 Å². The Labute approximate surface area is 179 Å². The summed E-state index contributed by atoms with van der Waals surface area (Å²) < 4.78 is 16.9. The van der Waals surface area contributed by atoms with Crippen molar-refractivity contribution in [2.45, 2.75) is 12.5 Å². The van der Waals surface area contributed by atoms with Crippen molar-refractivity contribution in [1.82, 2.24) is 19.9 Å². The smallest absolute Gasteiger partial charge is 0.270 e. The summed E-state index contributed by atoms with van der Waals surface area (Å²) in [6, 6.07) is 7.60. The Bertz CT molecular complexity index is 1080. The number of aromatic nitrogens is 3. The largest absolute Gasteiger partial charge is 0.497 e. The zero-order chi connectivity index (χ0) is 21.2. The maximum Gasteiger partial charge on any atom is 0.270 e. The van der Waals surface area contributed by atoms with Crippen LogP contribution < -0.4 is 14.4 Å². The number of ether oxygens (including phenoxy) is 3. The second-order valence-corrected chi connectivity index (χ2v) is 7.70. The molecule has 9 heteroatoms. The van der Waals surface area contributed by atoms with Crippen LogP contribution in [0.5, 0.6) is 11.6 Å². The second-order valence-electron chi connectivity index (χ2n) is 7.70. The molecule has 9 nitrogen and oxygen atoms in total. The van der Waals surface area contributed by atoms with E-state index in [1.165, 1.54) is 0 Å². The summed E-state index contributed by atoms with van der Waals surface area (Å²) in [5.41, 5.74) is 1.45. The number of methoxy groups -OCH3 is 1. The number of fused-ring (bicyclic) bond motifs is 1. The zero-order valence-electron chi connectivity index (χ0n) is 17.4. The number of rotatable bonds is 5. The lowest BCUT2D eigenvalue weighted by Crippen LogP contribution is -2.37. The fourth-order valence-corrected chi connectivity index (χ4v) is 4.08. The molecule has 31 heavy (non-hydrogen) atoms. The molecule has 0 saturated carbocycles. The van der Waals surface area contributed by atoms with Gasteiger partial charge in [0.05, 0.1) is 26.9 Å². The summed E-state index contributed by atoms with van der Waals surface area (Å²) in [4.78, 5) is 29.1. The molecule has 2 saturated heterocycles. The Morgan fingerprint density at radius 1 is 1.16 bits per heavy atom. The predicted octanol–water partition coefficient (Wildman–Crippen LogP) is 2.10. The Morgan fingerprint density at radius 2 is 2.00 bits per heavy atom. The van der Waals surface area contributed by atoms with Crippen LogP contribution in [0.25, 0.3) is 10.9 Å². The number of H-pyrrole nitrogens is 1. The Morgan fingerprint density at radius 3 is 2.84 bits per heavy atom. The van der Waals surface area contributed by atoms with Crippen LogP contribution in [0.15, 0.2) is 36.7 Å². The van der Waals surface area contributed by atoms with Crippen LogP contribution in [0.3, 0.4) is 0 Å². The fourth-order valence-electron chi connectivity index (χ4n) is 4.08. The number of morpholine rings is 1. The number of carbonyl (C=O) groups is 1. The average molecular weight is 423 g/mol. The summed E-state index contributed by atoms with van der Waals surface area (Å²) in [5.74, 6) is 1.97. The number of hydrogen-bond donors (Lipinski definition) is 1. The van der Waals surface area contributed by atoms with Gasteiger partial charge in [0.2, 0.25) is 0 Å². The molecule has 1 aromatic carbocycles. The van der Waals surface area contributed by atoms with Gasteiger partial charge in [-0.05, 0) is 18.2 Å². The van der Waals surface area contributed by atoms with E-state index in [4.69, 9.17) is 14.2 Å². The maximum atomic E-state index is 13.0. The zero-order valence-corrected chi connectivity index (χ0v) is 17.4. The molecule has 5 rings (SSSR count). The third kappa shape index (κ3) is 4.00. The van der Waals surface area contributed by atoms with E-state index >= 15 is 0 Å². The van der Waals surface area contributed by atoms with Crippen molar-refractivity contribution < 1.29 is 19.0 Å². The quantitative estimate of drug-likeness (QED) is 0.672. The monoisotopic (exact) mass is 423 g/mol. The molecule has 0 spiro atoms. The van der Waals surface area contributed by atoms with Crippen molar-refractivity contribution >= 4 is 22.6 Å². The van der Waals surface area contributed by atoms with Gasteiger partial charge in [-0.15, -0.1) is 0 Å². The highest BCUT2D eigenvalue weighted by atomic mass is 16.5. The summed E-state index contributed by atoms with van der Waals surface area (Å²) >= 11 is 0. The number of aromatic amines is 1. The molecule has 2 fully saturated rings. The highest BCUT2D eigenvalue weighted by molar-refractivity contribution is 5.98. The standard InChI is InChI=1S/C22H25N5O4/c1-29-16-3-2-15-12-19(25-18(15)13-16)22(28)27-7-4-17(14-27)31-21-20(23-5-6-24-21)26-8-10-30-11-9-26/h2-3,5-6,12-13,17,25H,4,7-11,14H2,1H3.